The van der Waals surface area contributed by atoms with E-state index in [1.165, 1.54) is 0 Å². The van der Waals surface area contributed by atoms with E-state index >= 15 is 0 Å². The molecule has 1 rings (SSSR count). The Labute approximate surface area is 108 Å². The van der Waals surface area contributed by atoms with E-state index < -0.39 is 0 Å². The van der Waals surface area contributed by atoms with Crippen LogP contribution in [0.4, 0.5) is 0 Å². The first-order valence-corrected chi connectivity index (χ1v) is 5.81. The number of ether oxygens (including phenoxy) is 1. The van der Waals surface area contributed by atoms with Crippen molar-refractivity contribution in [2.75, 3.05) is 20.3 Å². The number of halogens is 2. The molecule has 0 atom stereocenters. The zero-order chi connectivity index (χ0) is 12.0. The monoisotopic (exact) mass is 305 g/mol. The van der Waals surface area contributed by atoms with Gasteiger partial charge in [0.2, 0.25) is 0 Å². The van der Waals surface area contributed by atoms with E-state index in [1.54, 1.807) is 19.2 Å². The van der Waals surface area contributed by atoms with Gasteiger partial charge in [-0.3, -0.25) is 4.99 Å². The molecule has 0 spiro atoms. The third-order valence-electron chi connectivity index (χ3n) is 1.89. The maximum atomic E-state index is 5.85. The molecule has 0 aliphatic carbocycles. The number of hydrazine groups is 1. The Hall–Kier alpha value is -0.620. The molecular weight excluding hydrogens is 293 g/mol. The molecule has 0 saturated carbocycles. The number of nitrogens with two attached hydrogens (primary N) is 1. The van der Waals surface area contributed by atoms with Crippen LogP contribution in [-0.2, 0) is 4.74 Å². The van der Waals surface area contributed by atoms with Crippen LogP contribution in [0.25, 0.3) is 0 Å². The highest BCUT2D eigenvalue weighted by molar-refractivity contribution is 9.10. The summed E-state index contributed by atoms with van der Waals surface area (Å²) in [5, 5.41) is 0.656. The summed E-state index contributed by atoms with van der Waals surface area (Å²) >= 11 is 9.26. The summed E-state index contributed by atoms with van der Waals surface area (Å²) in [6.45, 7) is 1.10. The molecular formula is C10H13BrClN3O. The van der Waals surface area contributed by atoms with E-state index in [1.807, 2.05) is 6.07 Å². The Bertz CT molecular complexity index is 384. The molecule has 0 aromatic heterocycles. The van der Waals surface area contributed by atoms with E-state index in [4.69, 9.17) is 22.2 Å². The lowest BCUT2D eigenvalue weighted by Gasteiger charge is -2.08. The van der Waals surface area contributed by atoms with E-state index in [2.05, 4.69) is 26.3 Å². The predicted octanol–water partition coefficient (Wildman–Crippen LogP) is 1.96. The molecule has 0 bridgehead atoms. The molecule has 4 nitrogen and oxygen atoms in total. The highest BCUT2D eigenvalue weighted by Gasteiger charge is 2.06. The number of benzene rings is 1. The highest BCUT2D eigenvalue weighted by Crippen LogP contribution is 2.21. The minimum atomic E-state index is 0.547. The van der Waals surface area contributed by atoms with E-state index in [0.717, 1.165) is 10.0 Å². The average molecular weight is 307 g/mol. The van der Waals surface area contributed by atoms with Gasteiger partial charge < -0.3 is 10.2 Å². The van der Waals surface area contributed by atoms with Crippen LogP contribution in [0.5, 0.6) is 0 Å². The van der Waals surface area contributed by atoms with Crippen molar-refractivity contribution in [3.63, 3.8) is 0 Å². The van der Waals surface area contributed by atoms with Crippen molar-refractivity contribution >= 4 is 33.4 Å². The van der Waals surface area contributed by atoms with Crippen molar-refractivity contribution in [3.05, 3.63) is 33.3 Å². The van der Waals surface area contributed by atoms with Crippen LogP contribution in [0, 0.1) is 0 Å². The first-order valence-electron chi connectivity index (χ1n) is 4.64. The van der Waals surface area contributed by atoms with Gasteiger partial charge >= 0.3 is 0 Å². The summed E-state index contributed by atoms with van der Waals surface area (Å²) in [6, 6.07) is 5.42. The van der Waals surface area contributed by atoms with Crippen LogP contribution in [0.1, 0.15) is 5.56 Å². The second kappa shape index (κ2) is 6.85. The Morgan fingerprint density at radius 2 is 2.38 bits per heavy atom. The molecule has 0 saturated heterocycles. The van der Waals surface area contributed by atoms with Gasteiger partial charge in [0, 0.05) is 22.2 Å². The average Bonchev–Trinajstić information content (AvgIpc) is 2.26. The van der Waals surface area contributed by atoms with Gasteiger partial charge in [0.05, 0.1) is 13.2 Å². The third-order valence-corrected chi connectivity index (χ3v) is 2.78. The van der Waals surface area contributed by atoms with Gasteiger partial charge in [0.15, 0.2) is 0 Å². The molecule has 0 aliphatic heterocycles. The van der Waals surface area contributed by atoms with E-state index in [9.17, 15) is 0 Å². The van der Waals surface area contributed by atoms with E-state index in [0.29, 0.717) is 24.0 Å². The van der Waals surface area contributed by atoms with Gasteiger partial charge in [0.1, 0.15) is 5.84 Å². The SMILES string of the molecule is COCCN=C(NN)c1ccc(Cl)cc1Br. The van der Waals surface area contributed by atoms with Gasteiger partial charge in [-0.1, -0.05) is 11.6 Å². The Kier molecular flexibility index (Phi) is 5.76. The smallest absolute Gasteiger partial charge is 0.143 e. The number of rotatable bonds is 4. The Balaban J connectivity index is 2.90. The first-order chi connectivity index (χ1) is 7.69. The van der Waals surface area contributed by atoms with Gasteiger partial charge in [-0.05, 0) is 34.1 Å². The van der Waals surface area contributed by atoms with Crippen molar-refractivity contribution in [1.29, 1.82) is 0 Å². The predicted molar refractivity (Wildman–Crippen MR) is 69.8 cm³/mol. The van der Waals surface area contributed by atoms with Gasteiger partial charge in [-0.2, -0.15) is 0 Å². The normalized spacial score (nSPS) is 11.6. The minimum absolute atomic E-state index is 0.547. The number of nitrogens with one attached hydrogen (secondary N) is 1. The summed E-state index contributed by atoms with van der Waals surface area (Å²) in [5.41, 5.74) is 3.42. The zero-order valence-corrected chi connectivity index (χ0v) is 11.2. The van der Waals surface area contributed by atoms with E-state index in [-0.39, 0.29) is 0 Å². The molecule has 0 radical (unpaired) electrons. The molecule has 0 unspecified atom stereocenters. The number of aliphatic imine (C=N–C) groups is 1. The molecule has 3 N–H and O–H groups in total. The summed E-state index contributed by atoms with van der Waals surface area (Å²) in [6.07, 6.45) is 0. The fourth-order valence-corrected chi connectivity index (χ4v) is 2.01. The summed E-state index contributed by atoms with van der Waals surface area (Å²) in [5.74, 6) is 6.02. The van der Waals surface area contributed by atoms with Crippen molar-refractivity contribution in [2.45, 2.75) is 0 Å². The lowest BCUT2D eigenvalue weighted by molar-refractivity contribution is 0.208. The lowest BCUT2D eigenvalue weighted by atomic mass is 10.2. The molecule has 16 heavy (non-hydrogen) atoms. The molecule has 0 fully saturated rings. The van der Waals surface area contributed by atoms with Crippen molar-refractivity contribution in [3.8, 4) is 0 Å². The Morgan fingerprint density at radius 1 is 1.62 bits per heavy atom. The standard InChI is InChI=1S/C10H13BrClN3O/c1-16-5-4-14-10(15-13)8-3-2-7(12)6-9(8)11/h2-3,6H,4-5,13H2,1H3,(H,14,15). The third kappa shape index (κ3) is 3.75. The second-order valence-corrected chi connectivity index (χ2v) is 4.28. The molecule has 0 aliphatic rings. The van der Waals surface area contributed by atoms with Crippen LogP contribution in [0.3, 0.4) is 0 Å². The van der Waals surface area contributed by atoms with Crippen LogP contribution in [0.15, 0.2) is 27.7 Å². The van der Waals surface area contributed by atoms with Crippen LogP contribution >= 0.6 is 27.5 Å². The second-order valence-electron chi connectivity index (χ2n) is 2.99. The number of hydrogen-bond acceptors (Lipinski definition) is 3. The molecule has 88 valence electrons. The number of methoxy groups -OCH3 is 1. The Morgan fingerprint density at radius 3 is 2.94 bits per heavy atom. The van der Waals surface area contributed by atoms with Crippen molar-refractivity contribution in [2.24, 2.45) is 10.8 Å². The van der Waals surface area contributed by atoms with Gasteiger partial charge in [-0.15, -0.1) is 0 Å². The molecule has 0 amide bonds. The summed E-state index contributed by atoms with van der Waals surface area (Å²) in [7, 11) is 1.63. The topological polar surface area (TPSA) is 59.6 Å². The molecule has 6 heteroatoms. The fraction of sp³-hybridized carbons (Fsp3) is 0.300. The van der Waals surface area contributed by atoms with Crippen LogP contribution < -0.4 is 11.3 Å². The summed E-state index contributed by atoms with van der Waals surface area (Å²) in [4.78, 5) is 4.28. The van der Waals surface area contributed by atoms with Crippen molar-refractivity contribution in [1.82, 2.24) is 5.43 Å². The number of amidine groups is 1. The minimum Gasteiger partial charge on any atom is -0.383 e. The largest absolute Gasteiger partial charge is 0.383 e. The van der Waals surface area contributed by atoms with Crippen LogP contribution in [0.2, 0.25) is 5.02 Å². The van der Waals surface area contributed by atoms with Crippen LogP contribution in [-0.4, -0.2) is 26.1 Å². The van der Waals surface area contributed by atoms with Crippen molar-refractivity contribution < 1.29 is 4.74 Å². The molecule has 1 aromatic rings. The number of hydrogen-bond donors (Lipinski definition) is 2. The maximum Gasteiger partial charge on any atom is 0.143 e. The van der Waals surface area contributed by atoms with Gasteiger partial charge in [-0.25, -0.2) is 5.84 Å². The zero-order valence-electron chi connectivity index (χ0n) is 8.84. The number of nitrogens with zero attached hydrogens (tertiary/aromatic N) is 1. The summed E-state index contributed by atoms with van der Waals surface area (Å²) < 4.78 is 5.76. The lowest BCUT2D eigenvalue weighted by Crippen LogP contribution is -2.31. The fourth-order valence-electron chi connectivity index (χ4n) is 1.14. The van der Waals surface area contributed by atoms with Gasteiger partial charge in [0.25, 0.3) is 0 Å². The molecule has 1 aromatic carbocycles. The highest BCUT2D eigenvalue weighted by atomic mass is 79.9. The quantitative estimate of drug-likeness (QED) is 0.294. The first kappa shape index (κ1) is 13.4. The molecule has 0 heterocycles. The maximum absolute atomic E-state index is 5.85.